The Labute approximate surface area is 114 Å². The van der Waals surface area contributed by atoms with Crippen LogP contribution in [-0.4, -0.2) is 32.0 Å². The van der Waals surface area contributed by atoms with Crippen LogP contribution in [0.15, 0.2) is 29.1 Å². The zero-order valence-electron chi connectivity index (χ0n) is 10.6. The van der Waals surface area contributed by atoms with E-state index in [4.69, 9.17) is 0 Å². The number of halogens is 1. The largest absolute Gasteiger partial charge is 0.345 e. The van der Waals surface area contributed by atoms with Crippen molar-refractivity contribution in [3.8, 4) is 0 Å². The van der Waals surface area contributed by atoms with Crippen LogP contribution in [0.25, 0.3) is 0 Å². The van der Waals surface area contributed by atoms with Crippen molar-refractivity contribution in [2.75, 3.05) is 7.05 Å². The van der Waals surface area contributed by atoms with Gasteiger partial charge < -0.3 is 14.0 Å². The summed E-state index contributed by atoms with van der Waals surface area (Å²) in [5.74, 6) is 0.838. The summed E-state index contributed by atoms with van der Waals surface area (Å²) in [7, 11) is 5.55. The standard InChI is InChI=1S/C12H15BrN4O/c1-15-5-4-14-11(15)8-17(3)12(18)10-6-9(13)7-16(10)2/h4-7H,8H2,1-3H3. The molecule has 96 valence electrons. The van der Waals surface area contributed by atoms with Crippen LogP contribution in [-0.2, 0) is 20.6 Å². The fourth-order valence-electron chi connectivity index (χ4n) is 1.77. The van der Waals surface area contributed by atoms with Crippen molar-refractivity contribution in [2.45, 2.75) is 6.54 Å². The first-order valence-electron chi connectivity index (χ1n) is 5.52. The van der Waals surface area contributed by atoms with Gasteiger partial charge in [0, 0.05) is 44.2 Å². The van der Waals surface area contributed by atoms with Gasteiger partial charge in [-0.3, -0.25) is 4.79 Å². The van der Waals surface area contributed by atoms with Crippen LogP contribution >= 0.6 is 15.9 Å². The van der Waals surface area contributed by atoms with Crippen LogP contribution in [0.2, 0.25) is 0 Å². The highest BCUT2D eigenvalue weighted by Crippen LogP contribution is 2.15. The second kappa shape index (κ2) is 4.97. The maximum absolute atomic E-state index is 12.3. The number of hydrogen-bond donors (Lipinski definition) is 0. The minimum Gasteiger partial charge on any atom is -0.345 e. The Morgan fingerprint density at radius 3 is 2.67 bits per heavy atom. The number of imidazole rings is 1. The van der Waals surface area contributed by atoms with Crippen molar-refractivity contribution in [3.63, 3.8) is 0 Å². The molecule has 2 rings (SSSR count). The summed E-state index contributed by atoms with van der Waals surface area (Å²) in [6.45, 7) is 0.491. The van der Waals surface area contributed by atoms with Crippen molar-refractivity contribution in [1.82, 2.24) is 19.0 Å². The molecule has 0 radical (unpaired) electrons. The molecule has 0 aromatic carbocycles. The summed E-state index contributed by atoms with van der Waals surface area (Å²) in [6.07, 6.45) is 5.46. The lowest BCUT2D eigenvalue weighted by Gasteiger charge is -2.17. The minimum atomic E-state index is -0.0220. The second-order valence-corrected chi connectivity index (χ2v) is 5.19. The van der Waals surface area contributed by atoms with E-state index in [0.717, 1.165) is 10.3 Å². The van der Waals surface area contributed by atoms with E-state index >= 15 is 0 Å². The van der Waals surface area contributed by atoms with Gasteiger partial charge in [-0.2, -0.15) is 0 Å². The monoisotopic (exact) mass is 310 g/mol. The molecule has 2 heterocycles. The molecule has 0 saturated carbocycles. The molecule has 6 heteroatoms. The molecule has 18 heavy (non-hydrogen) atoms. The van der Waals surface area contributed by atoms with Gasteiger partial charge in [0.2, 0.25) is 0 Å². The molecule has 0 bridgehead atoms. The first-order chi connectivity index (χ1) is 8.49. The first kappa shape index (κ1) is 12.9. The molecular formula is C12H15BrN4O. The number of amides is 1. The Bertz CT molecular complexity index is 572. The molecule has 0 atom stereocenters. The van der Waals surface area contributed by atoms with Crippen LogP contribution in [0, 0.1) is 0 Å². The van der Waals surface area contributed by atoms with Crippen molar-refractivity contribution in [3.05, 3.63) is 40.6 Å². The highest BCUT2D eigenvalue weighted by Gasteiger charge is 2.17. The Morgan fingerprint density at radius 1 is 1.44 bits per heavy atom. The normalized spacial score (nSPS) is 10.7. The van der Waals surface area contributed by atoms with E-state index in [1.165, 1.54) is 0 Å². The van der Waals surface area contributed by atoms with E-state index in [9.17, 15) is 4.79 Å². The average Bonchev–Trinajstić information content (AvgIpc) is 2.85. The SMILES string of the molecule is CN(Cc1nccn1C)C(=O)c1cc(Br)cn1C. The van der Waals surface area contributed by atoms with Gasteiger partial charge in [0.25, 0.3) is 5.91 Å². The Hall–Kier alpha value is -1.56. The third kappa shape index (κ3) is 2.48. The van der Waals surface area contributed by atoms with Gasteiger partial charge in [-0.15, -0.1) is 0 Å². The average molecular weight is 311 g/mol. The fraction of sp³-hybridized carbons (Fsp3) is 0.333. The summed E-state index contributed by atoms with van der Waals surface area (Å²) < 4.78 is 4.62. The number of nitrogens with zero attached hydrogens (tertiary/aromatic N) is 4. The molecule has 0 aliphatic carbocycles. The van der Waals surface area contributed by atoms with Gasteiger partial charge in [-0.1, -0.05) is 0 Å². The summed E-state index contributed by atoms with van der Waals surface area (Å²) in [6, 6.07) is 1.82. The van der Waals surface area contributed by atoms with E-state index in [1.54, 1.807) is 22.7 Å². The van der Waals surface area contributed by atoms with Crippen LogP contribution in [0.4, 0.5) is 0 Å². The molecule has 0 spiro atoms. The van der Waals surface area contributed by atoms with Gasteiger partial charge >= 0.3 is 0 Å². The number of rotatable bonds is 3. The van der Waals surface area contributed by atoms with Gasteiger partial charge in [0.15, 0.2) is 0 Å². The topological polar surface area (TPSA) is 43.1 Å². The van der Waals surface area contributed by atoms with Crippen molar-refractivity contribution < 1.29 is 4.79 Å². The van der Waals surface area contributed by atoms with E-state index in [1.807, 2.05) is 37.1 Å². The van der Waals surface area contributed by atoms with E-state index in [2.05, 4.69) is 20.9 Å². The smallest absolute Gasteiger partial charge is 0.270 e. The summed E-state index contributed by atoms with van der Waals surface area (Å²) in [5.41, 5.74) is 0.651. The molecule has 0 unspecified atom stereocenters. The number of carbonyl (C=O) groups excluding carboxylic acids is 1. The molecule has 1 amide bonds. The third-order valence-corrected chi connectivity index (χ3v) is 3.27. The Kier molecular flexibility index (Phi) is 3.56. The molecule has 5 nitrogen and oxygen atoms in total. The van der Waals surface area contributed by atoms with Gasteiger partial charge in [0.05, 0.1) is 6.54 Å². The maximum Gasteiger partial charge on any atom is 0.270 e. The number of hydrogen-bond acceptors (Lipinski definition) is 2. The molecule has 0 aliphatic rings. The first-order valence-corrected chi connectivity index (χ1v) is 6.32. The maximum atomic E-state index is 12.3. The minimum absolute atomic E-state index is 0.0220. The van der Waals surface area contributed by atoms with Gasteiger partial charge in [0.1, 0.15) is 11.5 Å². The number of aromatic nitrogens is 3. The molecule has 2 aromatic heterocycles. The van der Waals surface area contributed by atoms with Crippen molar-refractivity contribution >= 4 is 21.8 Å². The van der Waals surface area contributed by atoms with Crippen LogP contribution in [0.1, 0.15) is 16.3 Å². The van der Waals surface area contributed by atoms with E-state index in [-0.39, 0.29) is 5.91 Å². The van der Waals surface area contributed by atoms with E-state index in [0.29, 0.717) is 12.2 Å². The predicted octanol–water partition coefficient (Wildman–Crippen LogP) is 1.79. The zero-order chi connectivity index (χ0) is 13.3. The fourth-order valence-corrected chi connectivity index (χ4v) is 2.29. The molecule has 0 aliphatic heterocycles. The highest BCUT2D eigenvalue weighted by atomic mass is 79.9. The van der Waals surface area contributed by atoms with Gasteiger partial charge in [-0.05, 0) is 22.0 Å². The zero-order valence-corrected chi connectivity index (χ0v) is 12.2. The summed E-state index contributed by atoms with van der Waals surface area (Å²) >= 11 is 3.36. The molecule has 0 fully saturated rings. The lowest BCUT2D eigenvalue weighted by Crippen LogP contribution is -2.28. The molecule has 0 saturated heterocycles. The predicted molar refractivity (Wildman–Crippen MR) is 72.1 cm³/mol. The van der Waals surface area contributed by atoms with Crippen molar-refractivity contribution in [2.24, 2.45) is 14.1 Å². The van der Waals surface area contributed by atoms with Crippen LogP contribution in [0.3, 0.4) is 0 Å². The number of carbonyl (C=O) groups is 1. The highest BCUT2D eigenvalue weighted by molar-refractivity contribution is 9.10. The quantitative estimate of drug-likeness (QED) is 0.867. The second-order valence-electron chi connectivity index (χ2n) is 4.27. The molecule has 0 N–H and O–H groups in total. The summed E-state index contributed by atoms with van der Waals surface area (Å²) in [4.78, 5) is 18.1. The third-order valence-electron chi connectivity index (χ3n) is 2.84. The lowest BCUT2D eigenvalue weighted by molar-refractivity contribution is 0.0771. The summed E-state index contributed by atoms with van der Waals surface area (Å²) in [5, 5.41) is 0. The van der Waals surface area contributed by atoms with Gasteiger partial charge in [-0.25, -0.2) is 4.98 Å². The molecule has 2 aromatic rings. The van der Waals surface area contributed by atoms with E-state index < -0.39 is 0 Å². The van der Waals surface area contributed by atoms with Crippen molar-refractivity contribution in [1.29, 1.82) is 0 Å². The lowest BCUT2D eigenvalue weighted by atomic mass is 10.3. The Balaban J connectivity index is 2.14. The van der Waals surface area contributed by atoms with Crippen LogP contribution in [0.5, 0.6) is 0 Å². The number of aryl methyl sites for hydroxylation is 2. The Morgan fingerprint density at radius 2 is 2.17 bits per heavy atom. The molecular weight excluding hydrogens is 296 g/mol. The van der Waals surface area contributed by atoms with Crippen LogP contribution < -0.4 is 0 Å².